The number of hydrogen-bond acceptors (Lipinski definition) is 6. The zero-order chi connectivity index (χ0) is 19.7. The van der Waals surface area contributed by atoms with Crippen LogP contribution in [0.3, 0.4) is 0 Å². The third kappa shape index (κ3) is 3.38. The smallest absolute Gasteiger partial charge is 0.331 e. The van der Waals surface area contributed by atoms with Gasteiger partial charge in [-0.05, 0) is 31.7 Å². The molecule has 3 heterocycles. The van der Waals surface area contributed by atoms with Gasteiger partial charge < -0.3 is 15.2 Å². The number of hydrogen-bond donors (Lipinski definition) is 2. The van der Waals surface area contributed by atoms with Crippen molar-refractivity contribution in [3.8, 4) is 5.75 Å². The maximum absolute atomic E-state index is 13.0. The van der Waals surface area contributed by atoms with Crippen LogP contribution in [0.4, 0.5) is 4.79 Å². The van der Waals surface area contributed by atoms with Gasteiger partial charge in [0.05, 0.1) is 6.61 Å². The number of amides is 4. The lowest BCUT2D eigenvalue weighted by atomic mass is 9.79. The predicted molar refractivity (Wildman–Crippen MR) is 99.4 cm³/mol. The van der Waals surface area contributed by atoms with Crippen molar-refractivity contribution < 1.29 is 23.9 Å². The van der Waals surface area contributed by atoms with E-state index in [-0.39, 0.29) is 12.5 Å². The number of benzene rings is 1. The summed E-state index contributed by atoms with van der Waals surface area (Å²) in [6, 6.07) is 6.73. The number of imide groups is 2. The number of barbiturate groups is 1. The number of urea groups is 1. The summed E-state index contributed by atoms with van der Waals surface area (Å²) in [5.41, 5.74) is 6.89. The number of ether oxygens (including phenoxy) is 2. The van der Waals surface area contributed by atoms with E-state index in [2.05, 4.69) is 5.32 Å². The van der Waals surface area contributed by atoms with E-state index in [1.165, 1.54) is 4.90 Å². The van der Waals surface area contributed by atoms with E-state index in [1.54, 1.807) is 0 Å². The number of para-hydroxylation sites is 1. The topological polar surface area (TPSA) is 111 Å². The molecule has 0 radical (unpaired) electrons. The fraction of sp³-hybridized carbons (Fsp3) is 0.550. The summed E-state index contributed by atoms with van der Waals surface area (Å²) in [6.07, 6.45) is 2.52. The molecule has 3 aliphatic heterocycles. The number of carbonyl (C=O) groups is 3. The molecule has 0 aromatic heterocycles. The van der Waals surface area contributed by atoms with Gasteiger partial charge in [-0.25, -0.2) is 4.79 Å². The molecule has 2 saturated heterocycles. The van der Waals surface area contributed by atoms with E-state index in [0.717, 1.165) is 11.3 Å². The second-order valence-electron chi connectivity index (χ2n) is 7.69. The summed E-state index contributed by atoms with van der Waals surface area (Å²) >= 11 is 0. The van der Waals surface area contributed by atoms with Gasteiger partial charge in [0, 0.05) is 36.8 Å². The van der Waals surface area contributed by atoms with Gasteiger partial charge in [0.25, 0.3) is 0 Å². The van der Waals surface area contributed by atoms with Gasteiger partial charge in [0.1, 0.15) is 11.7 Å². The molecule has 8 heteroatoms. The molecule has 0 spiro atoms. The van der Waals surface area contributed by atoms with Crippen molar-refractivity contribution in [2.75, 3.05) is 19.8 Å². The number of nitrogens with two attached hydrogens (primary N) is 1. The van der Waals surface area contributed by atoms with E-state index in [1.807, 2.05) is 24.3 Å². The molecular formula is C20H25N3O5. The molecule has 2 fully saturated rings. The van der Waals surface area contributed by atoms with Crippen molar-refractivity contribution in [1.82, 2.24) is 10.2 Å². The minimum absolute atomic E-state index is 0.229. The summed E-state index contributed by atoms with van der Waals surface area (Å²) in [7, 11) is 0. The highest BCUT2D eigenvalue weighted by Crippen LogP contribution is 2.39. The van der Waals surface area contributed by atoms with Gasteiger partial charge in [0.2, 0.25) is 11.8 Å². The molecule has 8 nitrogen and oxygen atoms in total. The first kappa shape index (κ1) is 18.9. The van der Waals surface area contributed by atoms with Gasteiger partial charge in [-0.3, -0.25) is 19.8 Å². The molecule has 0 saturated carbocycles. The molecule has 4 amide bonds. The molecule has 2 unspecified atom stereocenters. The quantitative estimate of drug-likeness (QED) is 0.753. The fourth-order valence-corrected chi connectivity index (χ4v) is 4.32. The van der Waals surface area contributed by atoms with Crippen LogP contribution < -0.4 is 15.8 Å². The van der Waals surface area contributed by atoms with Crippen LogP contribution in [0.1, 0.15) is 37.7 Å². The number of carbonyl (C=O) groups excluding carboxylic acids is 3. The largest absolute Gasteiger partial charge is 0.493 e. The Hall–Kier alpha value is -2.45. The Kier molecular flexibility index (Phi) is 5.07. The van der Waals surface area contributed by atoms with Crippen molar-refractivity contribution in [3.05, 3.63) is 29.8 Å². The third-order valence-electron chi connectivity index (χ3n) is 5.97. The van der Waals surface area contributed by atoms with Crippen LogP contribution in [0.5, 0.6) is 5.75 Å². The van der Waals surface area contributed by atoms with Crippen molar-refractivity contribution in [2.24, 2.45) is 11.7 Å². The van der Waals surface area contributed by atoms with Crippen LogP contribution in [-0.2, 0) is 19.9 Å². The van der Waals surface area contributed by atoms with Gasteiger partial charge in [-0.2, -0.15) is 0 Å². The Balaban J connectivity index is 1.50. The van der Waals surface area contributed by atoms with E-state index in [9.17, 15) is 14.4 Å². The second-order valence-corrected chi connectivity index (χ2v) is 7.69. The predicted octanol–water partition coefficient (Wildman–Crippen LogP) is 1.28. The molecule has 4 rings (SSSR count). The van der Waals surface area contributed by atoms with Crippen molar-refractivity contribution in [2.45, 2.75) is 43.7 Å². The van der Waals surface area contributed by atoms with E-state index >= 15 is 0 Å². The normalized spacial score (nSPS) is 28.5. The van der Waals surface area contributed by atoms with Gasteiger partial charge in [0.15, 0.2) is 0 Å². The zero-order valence-corrected chi connectivity index (χ0v) is 15.7. The van der Waals surface area contributed by atoms with E-state index in [4.69, 9.17) is 15.2 Å². The lowest BCUT2D eigenvalue weighted by Crippen LogP contribution is -2.61. The molecule has 3 aliphatic rings. The third-order valence-corrected chi connectivity index (χ3v) is 5.97. The first-order chi connectivity index (χ1) is 13.5. The van der Waals surface area contributed by atoms with Crippen LogP contribution in [0, 0.1) is 5.92 Å². The molecule has 1 aromatic carbocycles. The molecule has 1 aromatic rings. The van der Waals surface area contributed by atoms with Gasteiger partial charge >= 0.3 is 6.03 Å². The zero-order valence-electron chi connectivity index (χ0n) is 15.7. The first-order valence-corrected chi connectivity index (χ1v) is 9.76. The summed E-state index contributed by atoms with van der Waals surface area (Å²) in [5.74, 6) is -1.13. The van der Waals surface area contributed by atoms with Crippen molar-refractivity contribution >= 4 is 17.8 Å². The Morgan fingerprint density at radius 1 is 1.14 bits per heavy atom. The van der Waals surface area contributed by atoms with Gasteiger partial charge in [-0.1, -0.05) is 18.2 Å². The molecular weight excluding hydrogens is 362 g/mol. The lowest BCUT2D eigenvalue weighted by Gasteiger charge is -2.39. The average molecular weight is 387 g/mol. The Labute approximate surface area is 163 Å². The summed E-state index contributed by atoms with van der Waals surface area (Å²) in [5, 5.41) is 2.35. The highest BCUT2D eigenvalue weighted by atomic mass is 16.5. The monoisotopic (exact) mass is 387 g/mol. The molecule has 150 valence electrons. The minimum atomic E-state index is -0.907. The standard InChI is InChI=1S/C20H25N3O5/c21-20(9-12-28-16-4-2-1-3-15(16)20)8-5-14-17(24)22-19(26)23(18(14)25)13-6-10-27-11-7-13/h1-4,13-14H,5-12,21H2,(H,22,24,26). The summed E-state index contributed by atoms with van der Waals surface area (Å²) in [4.78, 5) is 38.9. The van der Waals surface area contributed by atoms with Crippen LogP contribution in [0.25, 0.3) is 0 Å². The molecule has 2 atom stereocenters. The average Bonchev–Trinajstić information content (AvgIpc) is 2.69. The number of nitrogens with one attached hydrogen (secondary N) is 1. The minimum Gasteiger partial charge on any atom is -0.493 e. The van der Waals surface area contributed by atoms with E-state index in [0.29, 0.717) is 45.5 Å². The van der Waals surface area contributed by atoms with Crippen molar-refractivity contribution in [3.63, 3.8) is 0 Å². The Morgan fingerprint density at radius 2 is 1.89 bits per heavy atom. The number of fused-ring (bicyclic) bond motifs is 1. The molecule has 0 bridgehead atoms. The summed E-state index contributed by atoms with van der Waals surface area (Å²) in [6.45, 7) is 1.50. The SMILES string of the molecule is NC1(CCC2C(=O)NC(=O)N(C3CCOCC3)C2=O)CCOc2ccccc21. The Bertz CT molecular complexity index is 792. The number of nitrogens with zero attached hydrogens (tertiary/aromatic N) is 1. The van der Waals surface area contributed by atoms with Gasteiger partial charge in [-0.15, -0.1) is 0 Å². The maximum atomic E-state index is 13.0. The number of rotatable bonds is 4. The van der Waals surface area contributed by atoms with Crippen LogP contribution >= 0.6 is 0 Å². The second kappa shape index (κ2) is 7.52. The molecule has 28 heavy (non-hydrogen) atoms. The van der Waals surface area contributed by atoms with E-state index < -0.39 is 29.3 Å². The fourth-order valence-electron chi connectivity index (χ4n) is 4.32. The summed E-state index contributed by atoms with van der Waals surface area (Å²) < 4.78 is 11.0. The highest BCUT2D eigenvalue weighted by Gasteiger charge is 2.45. The van der Waals surface area contributed by atoms with Crippen LogP contribution in [0.2, 0.25) is 0 Å². The molecule has 0 aliphatic carbocycles. The Morgan fingerprint density at radius 3 is 2.68 bits per heavy atom. The van der Waals surface area contributed by atoms with Crippen molar-refractivity contribution in [1.29, 1.82) is 0 Å². The van der Waals surface area contributed by atoms with Crippen LogP contribution in [0.15, 0.2) is 24.3 Å². The highest BCUT2D eigenvalue weighted by molar-refractivity contribution is 6.16. The molecule has 3 N–H and O–H groups in total. The van der Waals surface area contributed by atoms with Crippen LogP contribution in [-0.4, -0.2) is 48.6 Å². The first-order valence-electron chi connectivity index (χ1n) is 9.76. The maximum Gasteiger partial charge on any atom is 0.331 e. The lowest BCUT2D eigenvalue weighted by molar-refractivity contribution is -0.145.